The third-order valence-electron chi connectivity index (χ3n) is 4.86. The van der Waals surface area contributed by atoms with Crippen molar-refractivity contribution < 1.29 is 24.0 Å². The zero-order valence-corrected chi connectivity index (χ0v) is 22.5. The average molecular weight is 539 g/mol. The van der Waals surface area contributed by atoms with Crippen LogP contribution in [0.2, 0.25) is 0 Å². The second kappa shape index (κ2) is 9.82. The summed E-state index contributed by atoms with van der Waals surface area (Å²) in [7, 11) is 0. The predicted octanol–water partition coefficient (Wildman–Crippen LogP) is 6.32. The third-order valence-corrected chi connectivity index (χ3v) is 5.82. The van der Waals surface area contributed by atoms with E-state index in [9.17, 15) is 19.7 Å². The van der Waals surface area contributed by atoms with E-state index in [0.717, 1.165) is 16.0 Å². The summed E-state index contributed by atoms with van der Waals surface area (Å²) >= 11 is 1.07. The second-order valence-electron chi connectivity index (χ2n) is 10.3. The predicted molar refractivity (Wildman–Crippen MR) is 142 cm³/mol. The van der Waals surface area contributed by atoms with Gasteiger partial charge in [0.1, 0.15) is 16.2 Å². The maximum atomic E-state index is 13.3. The van der Waals surface area contributed by atoms with Gasteiger partial charge in [0, 0.05) is 23.1 Å². The van der Waals surface area contributed by atoms with E-state index in [1.54, 1.807) is 71.9 Å². The molecular weight excluding hydrogens is 512 g/mol. The Labute approximate surface area is 221 Å². The molecule has 198 valence electrons. The number of benzene rings is 2. The molecule has 0 saturated carbocycles. The summed E-state index contributed by atoms with van der Waals surface area (Å²) < 4.78 is 12.2. The van der Waals surface area contributed by atoms with Crippen molar-refractivity contribution in [2.75, 3.05) is 4.90 Å². The van der Waals surface area contributed by atoms with E-state index in [-0.39, 0.29) is 10.8 Å². The van der Waals surface area contributed by atoms with E-state index in [2.05, 4.69) is 15.3 Å². The number of carbonyl (C=O) groups excluding carboxylic acids is 2. The van der Waals surface area contributed by atoms with Gasteiger partial charge < -0.3 is 9.47 Å². The van der Waals surface area contributed by atoms with Crippen molar-refractivity contribution in [2.24, 2.45) is 0 Å². The van der Waals surface area contributed by atoms with Crippen LogP contribution < -0.4 is 4.90 Å². The van der Waals surface area contributed by atoms with Crippen molar-refractivity contribution in [3.63, 3.8) is 0 Å². The van der Waals surface area contributed by atoms with Gasteiger partial charge in [-0.15, -0.1) is 10.2 Å². The Balaban J connectivity index is 1.74. The number of hydrogen-bond donors (Lipinski definition) is 0. The lowest BCUT2D eigenvalue weighted by Crippen LogP contribution is -2.33. The Bertz CT molecular complexity index is 1530. The lowest BCUT2D eigenvalue weighted by Gasteiger charge is -2.25. The van der Waals surface area contributed by atoms with Gasteiger partial charge in [-0.1, -0.05) is 23.5 Å². The molecule has 0 bridgehead atoms. The first-order valence-electron chi connectivity index (χ1n) is 11.5. The van der Waals surface area contributed by atoms with Gasteiger partial charge in [0.25, 0.3) is 5.69 Å². The van der Waals surface area contributed by atoms with Crippen LogP contribution in [0.15, 0.2) is 48.7 Å². The number of fused-ring (bicyclic) bond motifs is 1. The van der Waals surface area contributed by atoms with E-state index >= 15 is 0 Å². The van der Waals surface area contributed by atoms with Gasteiger partial charge in [-0.05, 0) is 59.7 Å². The molecule has 2 heterocycles. The maximum Gasteiger partial charge on any atom is 0.435 e. The summed E-state index contributed by atoms with van der Waals surface area (Å²) in [6.45, 7) is 10.5. The maximum absolute atomic E-state index is 13.3. The number of nitro benzene ring substituents is 1. The van der Waals surface area contributed by atoms with Gasteiger partial charge >= 0.3 is 12.2 Å². The normalized spacial score (nSPS) is 11.8. The molecule has 0 unspecified atom stereocenters. The smallest absolute Gasteiger partial charge is 0.435 e. The second-order valence-corrected chi connectivity index (χ2v) is 11.2. The lowest BCUT2D eigenvalue weighted by atomic mass is 10.2. The van der Waals surface area contributed by atoms with Crippen LogP contribution in [-0.2, 0) is 9.47 Å². The molecule has 0 saturated heterocycles. The Morgan fingerprint density at radius 2 is 1.71 bits per heavy atom. The SMILES string of the molecule is CC(C)(C)OC(=O)N(c1ccc2c(cnn2C(=O)OC(C)(C)C)c1)c1nnc(-c2cccc([N+](=O)[O-])c2)s1. The molecule has 0 atom stereocenters. The van der Waals surface area contributed by atoms with Gasteiger partial charge in [-0.2, -0.15) is 9.78 Å². The standard InChI is InChI=1S/C25H26N6O6S/c1-24(2,3)36-22(32)29(21-28-27-20(38-21)15-8-7-9-18(12-15)31(34)35)17-10-11-19-16(13-17)14-26-30(19)23(33)37-25(4,5)6/h7-14H,1-6H3. The summed E-state index contributed by atoms with van der Waals surface area (Å²) in [5.74, 6) is 0. The number of ether oxygens (including phenoxy) is 2. The van der Waals surface area contributed by atoms with Gasteiger partial charge in [0.05, 0.1) is 22.3 Å². The fraction of sp³-hybridized carbons (Fsp3) is 0.320. The van der Waals surface area contributed by atoms with E-state index in [1.165, 1.54) is 23.2 Å². The van der Waals surface area contributed by atoms with Crippen molar-refractivity contribution in [2.45, 2.75) is 52.7 Å². The lowest BCUT2D eigenvalue weighted by molar-refractivity contribution is -0.384. The van der Waals surface area contributed by atoms with E-state index < -0.39 is 28.3 Å². The monoisotopic (exact) mass is 538 g/mol. The fourth-order valence-electron chi connectivity index (χ4n) is 3.39. The molecule has 0 aliphatic carbocycles. The van der Waals surface area contributed by atoms with E-state index in [1.807, 2.05) is 0 Å². The topological polar surface area (TPSA) is 143 Å². The first kappa shape index (κ1) is 26.7. The van der Waals surface area contributed by atoms with Crippen LogP contribution in [0.5, 0.6) is 0 Å². The first-order valence-corrected chi connectivity index (χ1v) is 12.4. The Morgan fingerprint density at radius 3 is 2.37 bits per heavy atom. The molecule has 4 aromatic rings. The van der Waals surface area contributed by atoms with Crippen LogP contribution in [0.1, 0.15) is 41.5 Å². The summed E-state index contributed by atoms with van der Waals surface area (Å²) in [5, 5.41) is 24.8. The van der Waals surface area contributed by atoms with Crippen LogP contribution in [0, 0.1) is 10.1 Å². The number of anilines is 2. The molecule has 0 radical (unpaired) electrons. The molecule has 0 fully saturated rings. The summed E-state index contributed by atoms with van der Waals surface area (Å²) in [6.07, 6.45) is 0.165. The third kappa shape index (κ3) is 5.94. The summed E-state index contributed by atoms with van der Waals surface area (Å²) in [6, 6.07) is 10.9. The first-order chi connectivity index (χ1) is 17.7. The highest BCUT2D eigenvalue weighted by Crippen LogP contribution is 2.36. The van der Waals surface area contributed by atoms with Gasteiger partial charge in [-0.3, -0.25) is 10.1 Å². The molecule has 0 aliphatic heterocycles. The summed E-state index contributed by atoms with van der Waals surface area (Å²) in [5.41, 5.74) is -0.206. The van der Waals surface area contributed by atoms with Crippen LogP contribution in [-0.4, -0.2) is 48.3 Å². The van der Waals surface area contributed by atoms with Gasteiger partial charge in [-0.25, -0.2) is 14.5 Å². The highest BCUT2D eigenvalue weighted by Gasteiger charge is 2.29. The van der Waals surface area contributed by atoms with Crippen molar-refractivity contribution in [1.82, 2.24) is 20.0 Å². The number of carbonyl (C=O) groups is 2. The Kier molecular flexibility index (Phi) is 6.89. The number of hydrogen-bond acceptors (Lipinski definition) is 10. The fourth-order valence-corrected chi connectivity index (χ4v) is 4.24. The van der Waals surface area contributed by atoms with Crippen LogP contribution in [0.3, 0.4) is 0 Å². The molecule has 0 aliphatic rings. The van der Waals surface area contributed by atoms with Crippen LogP contribution >= 0.6 is 11.3 Å². The molecule has 2 aromatic carbocycles. The number of aromatic nitrogens is 4. The zero-order valence-electron chi connectivity index (χ0n) is 21.7. The Morgan fingerprint density at radius 1 is 1.00 bits per heavy atom. The van der Waals surface area contributed by atoms with E-state index in [4.69, 9.17) is 9.47 Å². The number of nitrogens with zero attached hydrogens (tertiary/aromatic N) is 6. The molecule has 0 spiro atoms. The van der Waals surface area contributed by atoms with Gasteiger partial charge in [0.2, 0.25) is 5.13 Å². The number of non-ortho nitro benzene ring substituents is 1. The molecule has 4 rings (SSSR count). The molecule has 12 nitrogen and oxygen atoms in total. The molecule has 0 N–H and O–H groups in total. The molecular formula is C25H26N6O6S. The summed E-state index contributed by atoms with van der Waals surface area (Å²) in [4.78, 5) is 37.8. The largest absolute Gasteiger partial charge is 0.443 e. The minimum atomic E-state index is -0.797. The number of amides is 1. The highest BCUT2D eigenvalue weighted by molar-refractivity contribution is 7.18. The zero-order chi connectivity index (χ0) is 27.8. The van der Waals surface area contributed by atoms with Crippen molar-refractivity contribution in [1.29, 1.82) is 0 Å². The van der Waals surface area contributed by atoms with Crippen molar-refractivity contribution in [3.05, 3.63) is 58.8 Å². The van der Waals surface area contributed by atoms with Crippen molar-refractivity contribution >= 4 is 50.9 Å². The molecule has 1 amide bonds. The number of nitro groups is 1. The average Bonchev–Trinajstić information content (AvgIpc) is 3.44. The molecule has 38 heavy (non-hydrogen) atoms. The van der Waals surface area contributed by atoms with Crippen LogP contribution in [0.25, 0.3) is 21.5 Å². The Hall–Kier alpha value is -4.39. The quantitative estimate of drug-likeness (QED) is 0.215. The number of rotatable bonds is 4. The minimum Gasteiger partial charge on any atom is -0.443 e. The van der Waals surface area contributed by atoms with Crippen molar-refractivity contribution in [3.8, 4) is 10.6 Å². The highest BCUT2D eigenvalue weighted by atomic mass is 32.1. The molecule has 2 aromatic heterocycles. The minimum absolute atomic E-state index is 0.0873. The van der Waals surface area contributed by atoms with Gasteiger partial charge in [0.15, 0.2) is 0 Å². The molecule has 13 heteroatoms. The van der Waals surface area contributed by atoms with Crippen LogP contribution in [0.4, 0.5) is 26.1 Å². The van der Waals surface area contributed by atoms with E-state index in [0.29, 0.717) is 27.2 Å².